The molecule has 1 aromatic heterocycles. The van der Waals surface area contributed by atoms with E-state index in [9.17, 15) is 4.79 Å². The van der Waals surface area contributed by atoms with Crippen LogP contribution in [0.2, 0.25) is 0 Å². The Balaban J connectivity index is 2.37. The molecular weight excluding hydrogens is 305 g/mol. The minimum Gasteiger partial charge on any atom is -0.481 e. The van der Waals surface area contributed by atoms with Crippen LogP contribution in [0.4, 0.5) is 0 Å². The number of halogens is 2. The molecule has 0 fully saturated rings. The first-order chi connectivity index (χ1) is 8.10. The lowest BCUT2D eigenvalue weighted by atomic mass is 10.0. The van der Waals surface area contributed by atoms with Crippen molar-refractivity contribution in [3.63, 3.8) is 0 Å². The molecule has 0 saturated carbocycles. The number of carboxylic acids is 1. The molecule has 2 N–H and O–H groups in total. The highest BCUT2D eigenvalue weighted by molar-refractivity contribution is 9.10. The van der Waals surface area contributed by atoms with Crippen LogP contribution in [-0.2, 0) is 4.79 Å². The highest BCUT2D eigenvalue weighted by Crippen LogP contribution is 2.26. The zero-order valence-electron chi connectivity index (χ0n) is 8.91. The van der Waals surface area contributed by atoms with Crippen LogP contribution in [-0.4, -0.2) is 21.9 Å². The molecular formula is C12H11BrClNO2. The number of hydrogen-bond donors (Lipinski definition) is 2. The lowest BCUT2D eigenvalue weighted by Gasteiger charge is -2.08. The summed E-state index contributed by atoms with van der Waals surface area (Å²) >= 11 is 9.21. The van der Waals surface area contributed by atoms with Crippen molar-refractivity contribution in [3.8, 4) is 0 Å². The number of H-pyrrole nitrogens is 1. The maximum absolute atomic E-state index is 10.7. The first kappa shape index (κ1) is 12.5. The van der Waals surface area contributed by atoms with Gasteiger partial charge in [-0.3, -0.25) is 4.79 Å². The largest absolute Gasteiger partial charge is 0.481 e. The topological polar surface area (TPSA) is 53.1 Å². The number of aromatic amines is 1. The Morgan fingerprint density at radius 1 is 1.47 bits per heavy atom. The van der Waals surface area contributed by atoms with E-state index in [0.29, 0.717) is 5.88 Å². The second-order valence-electron chi connectivity index (χ2n) is 3.91. The van der Waals surface area contributed by atoms with Crippen LogP contribution in [0.3, 0.4) is 0 Å². The van der Waals surface area contributed by atoms with Gasteiger partial charge >= 0.3 is 5.97 Å². The molecule has 0 saturated heterocycles. The summed E-state index contributed by atoms with van der Waals surface area (Å²) < 4.78 is 0.996. The van der Waals surface area contributed by atoms with Gasteiger partial charge < -0.3 is 10.1 Å². The van der Waals surface area contributed by atoms with Crippen molar-refractivity contribution in [2.24, 2.45) is 0 Å². The number of aliphatic carboxylic acids is 1. The van der Waals surface area contributed by atoms with Crippen LogP contribution >= 0.6 is 27.5 Å². The number of rotatable bonds is 4. The van der Waals surface area contributed by atoms with Crippen LogP contribution in [0.15, 0.2) is 28.7 Å². The number of alkyl halides is 1. The molecule has 2 rings (SSSR count). The maximum Gasteiger partial charge on any atom is 0.304 e. The Labute approximate surface area is 112 Å². The van der Waals surface area contributed by atoms with Gasteiger partial charge in [0, 0.05) is 32.9 Å². The molecule has 0 aliphatic heterocycles. The van der Waals surface area contributed by atoms with Crippen molar-refractivity contribution in [2.75, 3.05) is 5.88 Å². The van der Waals surface area contributed by atoms with Crippen molar-refractivity contribution in [1.82, 2.24) is 4.98 Å². The van der Waals surface area contributed by atoms with Crippen molar-refractivity contribution >= 4 is 44.4 Å². The summed E-state index contributed by atoms with van der Waals surface area (Å²) in [5, 5.41) is 9.87. The summed E-state index contributed by atoms with van der Waals surface area (Å²) in [6, 6.07) is 7.84. The molecule has 1 aromatic carbocycles. The average Bonchev–Trinajstić information content (AvgIpc) is 2.68. The smallest absolute Gasteiger partial charge is 0.304 e. The van der Waals surface area contributed by atoms with Gasteiger partial charge in [0.15, 0.2) is 0 Å². The molecule has 90 valence electrons. The highest BCUT2D eigenvalue weighted by Gasteiger charge is 2.16. The Morgan fingerprint density at radius 3 is 2.88 bits per heavy atom. The molecule has 0 amide bonds. The molecule has 0 spiro atoms. The SMILES string of the molecule is O=C(O)CC(CCl)c1cc2cc(Br)ccc2[nH]1. The van der Waals surface area contributed by atoms with Gasteiger partial charge in [-0.15, -0.1) is 11.6 Å². The molecule has 17 heavy (non-hydrogen) atoms. The van der Waals surface area contributed by atoms with E-state index in [4.69, 9.17) is 16.7 Å². The van der Waals surface area contributed by atoms with Crippen molar-refractivity contribution in [2.45, 2.75) is 12.3 Å². The third kappa shape index (κ3) is 2.82. The molecule has 0 aliphatic rings. The molecule has 5 heteroatoms. The van der Waals surface area contributed by atoms with Gasteiger partial charge in [0.1, 0.15) is 0 Å². The minimum absolute atomic E-state index is 0.0392. The van der Waals surface area contributed by atoms with Crippen LogP contribution < -0.4 is 0 Å². The summed E-state index contributed by atoms with van der Waals surface area (Å²) in [5.41, 5.74) is 1.86. The number of nitrogens with one attached hydrogen (secondary N) is 1. The number of aromatic nitrogens is 1. The zero-order chi connectivity index (χ0) is 12.4. The Bertz CT molecular complexity index is 552. The van der Waals surface area contributed by atoms with E-state index in [1.54, 1.807) is 0 Å². The summed E-state index contributed by atoms with van der Waals surface area (Å²) in [7, 11) is 0. The van der Waals surface area contributed by atoms with E-state index in [0.717, 1.165) is 21.1 Å². The molecule has 2 aromatic rings. The lowest BCUT2D eigenvalue weighted by molar-refractivity contribution is -0.137. The molecule has 1 heterocycles. The van der Waals surface area contributed by atoms with Gasteiger partial charge in [-0.25, -0.2) is 0 Å². The van der Waals surface area contributed by atoms with Crippen LogP contribution in [0.25, 0.3) is 10.9 Å². The van der Waals surface area contributed by atoms with Crippen LogP contribution in [0, 0.1) is 0 Å². The van der Waals surface area contributed by atoms with Gasteiger partial charge in [-0.05, 0) is 24.3 Å². The first-order valence-corrected chi connectivity index (χ1v) is 6.49. The third-order valence-electron chi connectivity index (χ3n) is 2.65. The van der Waals surface area contributed by atoms with Crippen molar-refractivity contribution in [1.29, 1.82) is 0 Å². The van der Waals surface area contributed by atoms with E-state index >= 15 is 0 Å². The summed E-state index contributed by atoms with van der Waals surface area (Å²) in [5.74, 6) is -0.726. The second-order valence-corrected chi connectivity index (χ2v) is 5.13. The number of carboxylic acid groups (broad SMARTS) is 1. The molecule has 3 nitrogen and oxygen atoms in total. The maximum atomic E-state index is 10.7. The Morgan fingerprint density at radius 2 is 2.24 bits per heavy atom. The average molecular weight is 317 g/mol. The van der Waals surface area contributed by atoms with Gasteiger partial charge in [-0.1, -0.05) is 15.9 Å². The van der Waals surface area contributed by atoms with E-state index < -0.39 is 5.97 Å². The summed E-state index contributed by atoms with van der Waals surface area (Å²) in [6.07, 6.45) is 0.0392. The van der Waals surface area contributed by atoms with Crippen molar-refractivity contribution in [3.05, 3.63) is 34.4 Å². The van der Waals surface area contributed by atoms with Crippen molar-refractivity contribution < 1.29 is 9.90 Å². The number of carbonyl (C=O) groups is 1. The van der Waals surface area contributed by atoms with Crippen LogP contribution in [0.1, 0.15) is 18.0 Å². The number of fused-ring (bicyclic) bond motifs is 1. The fraction of sp³-hybridized carbons (Fsp3) is 0.250. The summed E-state index contributed by atoms with van der Waals surface area (Å²) in [4.78, 5) is 13.9. The van der Waals surface area contributed by atoms with E-state index in [2.05, 4.69) is 20.9 Å². The molecule has 1 unspecified atom stereocenters. The van der Waals surface area contributed by atoms with Gasteiger partial charge in [0.2, 0.25) is 0 Å². The minimum atomic E-state index is -0.838. The zero-order valence-corrected chi connectivity index (χ0v) is 11.3. The van der Waals surface area contributed by atoms with Gasteiger partial charge in [-0.2, -0.15) is 0 Å². The third-order valence-corrected chi connectivity index (χ3v) is 3.52. The molecule has 0 bridgehead atoms. The fourth-order valence-electron chi connectivity index (χ4n) is 1.80. The predicted molar refractivity (Wildman–Crippen MR) is 71.7 cm³/mol. The lowest BCUT2D eigenvalue weighted by Crippen LogP contribution is -2.07. The summed E-state index contributed by atoms with van der Waals surface area (Å²) in [6.45, 7) is 0. The quantitative estimate of drug-likeness (QED) is 0.845. The monoisotopic (exact) mass is 315 g/mol. The first-order valence-electron chi connectivity index (χ1n) is 5.16. The molecule has 1 atom stereocenters. The number of hydrogen-bond acceptors (Lipinski definition) is 1. The van der Waals surface area contributed by atoms with Gasteiger partial charge in [0.05, 0.1) is 6.42 Å². The van der Waals surface area contributed by atoms with E-state index in [-0.39, 0.29) is 12.3 Å². The normalized spacial score (nSPS) is 12.8. The van der Waals surface area contributed by atoms with E-state index in [1.165, 1.54) is 0 Å². The molecule has 0 aliphatic carbocycles. The second kappa shape index (κ2) is 5.10. The standard InChI is InChI=1S/C12H11BrClNO2/c13-9-1-2-10-7(3-9)4-11(15-10)8(6-14)5-12(16)17/h1-4,8,15H,5-6H2,(H,16,17). The van der Waals surface area contributed by atoms with Crippen LogP contribution in [0.5, 0.6) is 0 Å². The fourth-order valence-corrected chi connectivity index (χ4v) is 2.46. The predicted octanol–water partition coefficient (Wildman–Crippen LogP) is 3.73. The van der Waals surface area contributed by atoms with Gasteiger partial charge in [0.25, 0.3) is 0 Å². The molecule has 0 radical (unpaired) electrons. The Hall–Kier alpha value is -1.00. The number of benzene rings is 1. The highest BCUT2D eigenvalue weighted by atomic mass is 79.9. The van der Waals surface area contributed by atoms with E-state index in [1.807, 2.05) is 24.3 Å². The Kier molecular flexibility index (Phi) is 3.74.